The van der Waals surface area contributed by atoms with Crippen molar-refractivity contribution < 1.29 is 14.3 Å². The number of allylic oxidation sites excluding steroid dienone is 1. The minimum absolute atomic E-state index is 0.0234. The highest BCUT2D eigenvalue weighted by molar-refractivity contribution is 6.07. The fourth-order valence-electron chi connectivity index (χ4n) is 4.86. The Hall–Kier alpha value is -2.55. The summed E-state index contributed by atoms with van der Waals surface area (Å²) in [4.78, 5) is 12.6. The molecule has 2 aromatic rings. The number of hydrogen-bond acceptors (Lipinski definition) is 3. The van der Waals surface area contributed by atoms with E-state index < -0.39 is 0 Å². The molecular weight excluding hydrogens is 492 g/mol. The van der Waals surface area contributed by atoms with Gasteiger partial charge in [-0.25, -0.2) is 0 Å². The molecule has 40 heavy (non-hydrogen) atoms. The van der Waals surface area contributed by atoms with Crippen molar-refractivity contribution in [3.8, 4) is 11.5 Å². The van der Waals surface area contributed by atoms with Crippen molar-refractivity contribution in [3.05, 3.63) is 65.7 Å². The lowest BCUT2D eigenvalue weighted by Crippen LogP contribution is -1.99. The van der Waals surface area contributed by atoms with E-state index in [-0.39, 0.29) is 5.78 Å². The largest absolute Gasteiger partial charge is 0.494 e. The van der Waals surface area contributed by atoms with Crippen LogP contribution < -0.4 is 9.47 Å². The molecule has 0 atom stereocenters. The maximum atomic E-state index is 12.6. The Kier molecular flexibility index (Phi) is 19.5. The molecule has 0 bridgehead atoms. The van der Waals surface area contributed by atoms with Gasteiger partial charge in [0.2, 0.25) is 0 Å². The van der Waals surface area contributed by atoms with Crippen LogP contribution in [0.5, 0.6) is 11.5 Å². The average Bonchev–Trinajstić information content (AvgIpc) is 2.98. The summed E-state index contributed by atoms with van der Waals surface area (Å²) in [5.74, 6) is 1.62. The summed E-state index contributed by atoms with van der Waals surface area (Å²) in [5.41, 5.74) is 1.63. The van der Waals surface area contributed by atoms with Gasteiger partial charge in [0, 0.05) is 5.56 Å². The van der Waals surface area contributed by atoms with Crippen molar-refractivity contribution in [2.24, 2.45) is 0 Å². The second kappa shape index (κ2) is 23.2. The second-order valence-corrected chi connectivity index (χ2v) is 11.1. The molecule has 0 amide bonds. The summed E-state index contributed by atoms with van der Waals surface area (Å²) in [6.45, 7) is 5.87. The molecule has 0 heterocycles. The number of benzene rings is 2. The molecule has 0 saturated heterocycles. The first-order valence-electron chi connectivity index (χ1n) is 16.4. The summed E-state index contributed by atoms with van der Waals surface area (Å²) in [7, 11) is 0. The number of rotatable bonds is 25. The van der Waals surface area contributed by atoms with E-state index in [0.717, 1.165) is 42.9 Å². The Bertz CT molecular complexity index is 915. The van der Waals surface area contributed by atoms with E-state index in [4.69, 9.17) is 9.47 Å². The zero-order valence-corrected chi connectivity index (χ0v) is 25.6. The van der Waals surface area contributed by atoms with Gasteiger partial charge in [-0.05, 0) is 48.7 Å². The van der Waals surface area contributed by atoms with Crippen LogP contribution in [-0.2, 0) is 0 Å². The van der Waals surface area contributed by atoms with Crippen molar-refractivity contribution in [3.63, 3.8) is 0 Å². The summed E-state index contributed by atoms with van der Waals surface area (Å²) in [6.07, 6.45) is 27.6. The molecule has 2 aromatic carbocycles. The lowest BCUT2D eigenvalue weighted by molar-refractivity contribution is 0.104. The minimum Gasteiger partial charge on any atom is -0.494 e. The number of carbonyl (C=O) groups excluding carboxylic acids is 1. The molecule has 0 aliphatic heterocycles. The van der Waals surface area contributed by atoms with E-state index in [1.807, 2.05) is 54.6 Å². The Labute approximate surface area is 245 Å². The zero-order valence-electron chi connectivity index (χ0n) is 25.6. The van der Waals surface area contributed by atoms with Crippen LogP contribution in [0.4, 0.5) is 0 Å². The van der Waals surface area contributed by atoms with Gasteiger partial charge in [0.1, 0.15) is 11.5 Å². The molecule has 0 radical (unpaired) electrons. The van der Waals surface area contributed by atoms with Crippen molar-refractivity contribution >= 4 is 11.9 Å². The Morgan fingerprint density at radius 1 is 0.575 bits per heavy atom. The van der Waals surface area contributed by atoms with E-state index in [2.05, 4.69) is 13.8 Å². The third-order valence-electron chi connectivity index (χ3n) is 7.46. The maximum Gasteiger partial charge on any atom is 0.185 e. The highest BCUT2D eigenvalue weighted by atomic mass is 16.5. The van der Waals surface area contributed by atoms with Gasteiger partial charge in [-0.1, -0.05) is 147 Å². The monoisotopic (exact) mass is 548 g/mol. The van der Waals surface area contributed by atoms with Gasteiger partial charge >= 0.3 is 0 Å². The predicted octanol–water partition coefficient (Wildman–Crippen LogP) is 11.4. The SMILES string of the molecule is CCCCCCCCCCCCCCCCCCOc1ccc(C=CC(=O)c2cccc(OCCCC)c2)cc1. The molecule has 0 fully saturated rings. The summed E-state index contributed by atoms with van der Waals surface area (Å²) in [5, 5.41) is 0. The number of carbonyl (C=O) groups is 1. The second-order valence-electron chi connectivity index (χ2n) is 11.1. The first-order chi connectivity index (χ1) is 19.7. The lowest BCUT2D eigenvalue weighted by atomic mass is 10.0. The van der Waals surface area contributed by atoms with Crippen LogP contribution in [-0.4, -0.2) is 19.0 Å². The molecule has 0 aliphatic carbocycles. The van der Waals surface area contributed by atoms with Crippen molar-refractivity contribution in [1.29, 1.82) is 0 Å². The Morgan fingerprint density at radius 3 is 1.65 bits per heavy atom. The van der Waals surface area contributed by atoms with Gasteiger partial charge in [0.25, 0.3) is 0 Å². The molecule has 3 nitrogen and oxygen atoms in total. The van der Waals surface area contributed by atoms with E-state index in [1.165, 1.54) is 96.3 Å². The van der Waals surface area contributed by atoms with Gasteiger partial charge in [-0.15, -0.1) is 0 Å². The summed E-state index contributed by atoms with van der Waals surface area (Å²) < 4.78 is 11.6. The molecule has 0 aromatic heterocycles. The molecule has 0 unspecified atom stereocenters. The van der Waals surface area contributed by atoms with E-state index >= 15 is 0 Å². The van der Waals surface area contributed by atoms with Gasteiger partial charge in [-0.3, -0.25) is 4.79 Å². The first kappa shape index (κ1) is 33.7. The Balaban J connectivity index is 1.48. The maximum absolute atomic E-state index is 12.6. The molecule has 3 heteroatoms. The minimum atomic E-state index is -0.0234. The Morgan fingerprint density at radius 2 is 1.07 bits per heavy atom. The highest BCUT2D eigenvalue weighted by Gasteiger charge is 2.04. The van der Waals surface area contributed by atoms with Gasteiger partial charge < -0.3 is 9.47 Å². The number of unbranched alkanes of at least 4 members (excludes halogenated alkanes) is 16. The van der Waals surface area contributed by atoms with Crippen LogP contribution in [0.25, 0.3) is 6.08 Å². The number of ether oxygens (including phenoxy) is 2. The van der Waals surface area contributed by atoms with Gasteiger partial charge in [-0.2, -0.15) is 0 Å². The van der Waals surface area contributed by atoms with Crippen molar-refractivity contribution in [2.75, 3.05) is 13.2 Å². The fourth-order valence-corrected chi connectivity index (χ4v) is 4.86. The average molecular weight is 549 g/mol. The van der Waals surface area contributed by atoms with Crippen LogP contribution in [0.3, 0.4) is 0 Å². The van der Waals surface area contributed by atoms with Crippen molar-refractivity contribution in [1.82, 2.24) is 0 Å². The van der Waals surface area contributed by atoms with E-state index in [1.54, 1.807) is 6.08 Å². The lowest BCUT2D eigenvalue weighted by Gasteiger charge is -2.07. The quantitative estimate of drug-likeness (QED) is 0.0703. The normalized spacial score (nSPS) is 11.2. The van der Waals surface area contributed by atoms with Gasteiger partial charge in [0.15, 0.2) is 5.78 Å². The molecule has 222 valence electrons. The van der Waals surface area contributed by atoms with Crippen molar-refractivity contribution in [2.45, 2.75) is 129 Å². The van der Waals surface area contributed by atoms with Crippen LogP contribution in [0.15, 0.2) is 54.6 Å². The molecular formula is C37H56O3. The zero-order chi connectivity index (χ0) is 28.5. The highest BCUT2D eigenvalue weighted by Crippen LogP contribution is 2.18. The van der Waals surface area contributed by atoms with Crippen LogP contribution >= 0.6 is 0 Å². The van der Waals surface area contributed by atoms with E-state index in [0.29, 0.717) is 12.2 Å². The van der Waals surface area contributed by atoms with E-state index in [9.17, 15) is 4.79 Å². The van der Waals surface area contributed by atoms with Crippen LogP contribution in [0.1, 0.15) is 145 Å². The van der Waals surface area contributed by atoms with Crippen LogP contribution in [0, 0.1) is 0 Å². The number of ketones is 1. The molecule has 0 aliphatic rings. The summed E-state index contributed by atoms with van der Waals surface area (Å²) in [6, 6.07) is 15.4. The topological polar surface area (TPSA) is 35.5 Å². The predicted molar refractivity (Wildman–Crippen MR) is 172 cm³/mol. The molecule has 0 spiro atoms. The van der Waals surface area contributed by atoms with Crippen LogP contribution in [0.2, 0.25) is 0 Å². The fraction of sp³-hybridized carbons (Fsp3) is 0.595. The van der Waals surface area contributed by atoms with Gasteiger partial charge in [0.05, 0.1) is 13.2 Å². The molecule has 0 saturated carbocycles. The third-order valence-corrected chi connectivity index (χ3v) is 7.46. The first-order valence-corrected chi connectivity index (χ1v) is 16.4. The smallest absolute Gasteiger partial charge is 0.185 e. The summed E-state index contributed by atoms with van der Waals surface area (Å²) >= 11 is 0. The molecule has 2 rings (SSSR count). The third kappa shape index (κ3) is 16.5. The number of hydrogen-bond donors (Lipinski definition) is 0. The standard InChI is InChI=1S/C37H56O3/c1-3-5-7-8-9-10-11-12-13-14-15-16-17-18-19-20-31-39-35-27-24-33(25-28-35)26-29-37(38)34-22-21-23-36(32-34)40-30-6-4-2/h21-29,32H,3-20,30-31H2,1-2H3. The molecule has 0 N–H and O–H groups in total.